The molecule has 0 aromatic heterocycles. The Bertz CT molecular complexity index is 265. The van der Waals surface area contributed by atoms with Crippen molar-refractivity contribution in [2.24, 2.45) is 0 Å². The predicted molar refractivity (Wildman–Crippen MR) is 56.5 cm³/mol. The number of ether oxygens (including phenoxy) is 1. The molecular weight excluding hydrogens is 202 g/mol. The molecule has 14 heavy (non-hydrogen) atoms. The van der Waals surface area contributed by atoms with Crippen molar-refractivity contribution in [2.45, 2.75) is 31.3 Å². The maximum Gasteiger partial charge on any atom is 0.335 e. The van der Waals surface area contributed by atoms with Gasteiger partial charge in [-0.05, 0) is 26.3 Å². The molecule has 80 valence electrons. The van der Waals surface area contributed by atoms with Gasteiger partial charge in [0.05, 0.1) is 12.7 Å². The Morgan fingerprint density at radius 3 is 2.93 bits per heavy atom. The van der Waals surface area contributed by atoms with Crippen LogP contribution in [-0.2, 0) is 9.53 Å². The van der Waals surface area contributed by atoms with E-state index in [1.807, 2.05) is 6.08 Å². The standard InChI is InChI=1S/C10H15NO2.ClH/c1-11-7-3-5-8(10(12)13-2)9(11)6-4-7;/h5,7,9H,3-4,6H2,1-2H3;1H. The first kappa shape index (κ1) is 11.5. The molecule has 0 aromatic carbocycles. The summed E-state index contributed by atoms with van der Waals surface area (Å²) in [6.45, 7) is 0. The molecule has 2 heterocycles. The molecule has 2 rings (SSSR count). The SMILES string of the molecule is COC(=O)C1=CCC2CCC1N2C.Cl. The molecule has 2 aliphatic heterocycles. The smallest absolute Gasteiger partial charge is 0.335 e. The highest BCUT2D eigenvalue weighted by atomic mass is 35.5. The van der Waals surface area contributed by atoms with Gasteiger partial charge < -0.3 is 4.74 Å². The van der Waals surface area contributed by atoms with Gasteiger partial charge in [-0.3, -0.25) is 4.90 Å². The Hall–Kier alpha value is -0.540. The van der Waals surface area contributed by atoms with E-state index in [2.05, 4.69) is 11.9 Å². The number of halogens is 1. The van der Waals surface area contributed by atoms with Gasteiger partial charge in [0.15, 0.2) is 0 Å². The first-order valence-electron chi connectivity index (χ1n) is 4.74. The van der Waals surface area contributed by atoms with Gasteiger partial charge in [-0.15, -0.1) is 12.4 Å². The summed E-state index contributed by atoms with van der Waals surface area (Å²) in [5, 5.41) is 0. The molecule has 2 unspecified atom stereocenters. The van der Waals surface area contributed by atoms with Gasteiger partial charge >= 0.3 is 5.97 Å². The van der Waals surface area contributed by atoms with Gasteiger partial charge in [0.1, 0.15) is 0 Å². The Balaban J connectivity index is 0.000000980. The Labute approximate surface area is 90.5 Å². The Morgan fingerprint density at radius 2 is 2.29 bits per heavy atom. The largest absolute Gasteiger partial charge is 0.466 e. The molecule has 2 bridgehead atoms. The van der Waals surface area contributed by atoms with E-state index < -0.39 is 0 Å². The molecule has 0 spiro atoms. The second-order valence-electron chi connectivity index (χ2n) is 3.80. The monoisotopic (exact) mass is 217 g/mol. The first-order valence-corrected chi connectivity index (χ1v) is 4.74. The van der Waals surface area contributed by atoms with Crippen LogP contribution in [0.1, 0.15) is 19.3 Å². The first-order chi connectivity index (χ1) is 6.24. The van der Waals surface area contributed by atoms with Crippen molar-refractivity contribution in [3.63, 3.8) is 0 Å². The zero-order chi connectivity index (χ0) is 9.42. The van der Waals surface area contributed by atoms with E-state index in [-0.39, 0.29) is 18.4 Å². The zero-order valence-electron chi connectivity index (χ0n) is 8.53. The van der Waals surface area contributed by atoms with Crippen molar-refractivity contribution >= 4 is 18.4 Å². The van der Waals surface area contributed by atoms with Crippen molar-refractivity contribution in [1.82, 2.24) is 4.90 Å². The average Bonchev–Trinajstić information content (AvgIpc) is 2.41. The number of carbonyl (C=O) groups excluding carboxylic acids is 1. The van der Waals surface area contributed by atoms with E-state index in [1.165, 1.54) is 13.5 Å². The predicted octanol–water partition coefficient (Wildman–Crippen LogP) is 1.37. The van der Waals surface area contributed by atoms with Crippen molar-refractivity contribution < 1.29 is 9.53 Å². The van der Waals surface area contributed by atoms with E-state index in [0.29, 0.717) is 12.1 Å². The number of hydrogen-bond donors (Lipinski definition) is 0. The quantitative estimate of drug-likeness (QED) is 0.622. The summed E-state index contributed by atoms with van der Waals surface area (Å²) in [6.07, 6.45) is 5.35. The molecule has 0 saturated carbocycles. The lowest BCUT2D eigenvalue weighted by Crippen LogP contribution is -2.38. The lowest BCUT2D eigenvalue weighted by Gasteiger charge is -2.30. The third-order valence-corrected chi connectivity index (χ3v) is 3.23. The van der Waals surface area contributed by atoms with Crippen LogP contribution < -0.4 is 0 Å². The summed E-state index contributed by atoms with van der Waals surface area (Å²) >= 11 is 0. The summed E-state index contributed by atoms with van der Waals surface area (Å²) in [4.78, 5) is 13.7. The number of esters is 1. The number of hydrogen-bond acceptors (Lipinski definition) is 3. The molecule has 2 atom stereocenters. The van der Waals surface area contributed by atoms with Crippen molar-refractivity contribution in [3.8, 4) is 0 Å². The highest BCUT2D eigenvalue weighted by Crippen LogP contribution is 2.34. The maximum absolute atomic E-state index is 11.4. The van der Waals surface area contributed by atoms with Crippen LogP contribution in [0, 0.1) is 0 Å². The normalized spacial score (nSPS) is 30.6. The van der Waals surface area contributed by atoms with Gasteiger partial charge in [-0.25, -0.2) is 4.79 Å². The van der Waals surface area contributed by atoms with Gasteiger partial charge in [0.2, 0.25) is 0 Å². The second kappa shape index (κ2) is 4.32. The van der Waals surface area contributed by atoms with Crippen LogP contribution in [0.3, 0.4) is 0 Å². The maximum atomic E-state index is 11.4. The third-order valence-electron chi connectivity index (χ3n) is 3.23. The fourth-order valence-electron chi connectivity index (χ4n) is 2.41. The number of nitrogens with zero attached hydrogens (tertiary/aromatic N) is 1. The molecule has 0 radical (unpaired) electrons. The number of rotatable bonds is 1. The Kier molecular flexibility index (Phi) is 3.56. The number of methoxy groups -OCH3 is 1. The van der Waals surface area contributed by atoms with E-state index >= 15 is 0 Å². The summed E-state index contributed by atoms with van der Waals surface area (Å²) in [7, 11) is 3.54. The molecule has 0 aromatic rings. The van der Waals surface area contributed by atoms with Crippen molar-refractivity contribution in [3.05, 3.63) is 11.6 Å². The fourth-order valence-corrected chi connectivity index (χ4v) is 2.41. The van der Waals surface area contributed by atoms with Gasteiger partial charge in [0, 0.05) is 12.1 Å². The molecule has 2 aliphatic rings. The van der Waals surface area contributed by atoms with Crippen LogP contribution in [0.4, 0.5) is 0 Å². The lowest BCUT2D eigenvalue weighted by atomic mass is 10.0. The van der Waals surface area contributed by atoms with Crippen molar-refractivity contribution in [2.75, 3.05) is 14.2 Å². The molecule has 0 N–H and O–H groups in total. The minimum absolute atomic E-state index is 0. The van der Waals surface area contributed by atoms with Gasteiger partial charge in [-0.1, -0.05) is 6.08 Å². The van der Waals surface area contributed by atoms with Crippen LogP contribution in [0.15, 0.2) is 11.6 Å². The minimum Gasteiger partial charge on any atom is -0.466 e. The van der Waals surface area contributed by atoms with Crippen molar-refractivity contribution in [1.29, 1.82) is 0 Å². The molecule has 4 heteroatoms. The van der Waals surface area contributed by atoms with Crippen LogP contribution >= 0.6 is 12.4 Å². The van der Waals surface area contributed by atoms with E-state index in [0.717, 1.165) is 18.4 Å². The summed E-state index contributed by atoms with van der Waals surface area (Å²) in [6, 6.07) is 0.963. The van der Waals surface area contributed by atoms with Crippen LogP contribution in [0.5, 0.6) is 0 Å². The van der Waals surface area contributed by atoms with Crippen LogP contribution in [0.25, 0.3) is 0 Å². The average molecular weight is 218 g/mol. The topological polar surface area (TPSA) is 29.5 Å². The molecule has 1 saturated heterocycles. The molecule has 0 aliphatic carbocycles. The van der Waals surface area contributed by atoms with Crippen LogP contribution in [0.2, 0.25) is 0 Å². The summed E-state index contributed by atoms with van der Waals surface area (Å²) in [5.41, 5.74) is 0.860. The number of likely N-dealkylation sites (N-methyl/N-ethyl adjacent to an activating group) is 1. The molecule has 3 nitrogen and oxygen atoms in total. The molecular formula is C10H16ClNO2. The minimum atomic E-state index is -0.155. The summed E-state index contributed by atoms with van der Waals surface area (Å²) < 4.78 is 4.75. The molecule has 0 amide bonds. The number of fused-ring (bicyclic) bond motifs is 2. The van der Waals surface area contributed by atoms with Gasteiger partial charge in [-0.2, -0.15) is 0 Å². The molecule has 1 fully saturated rings. The lowest BCUT2D eigenvalue weighted by molar-refractivity contribution is -0.136. The zero-order valence-corrected chi connectivity index (χ0v) is 9.34. The van der Waals surface area contributed by atoms with Crippen LogP contribution in [-0.4, -0.2) is 37.1 Å². The summed E-state index contributed by atoms with van der Waals surface area (Å²) in [5.74, 6) is -0.155. The van der Waals surface area contributed by atoms with E-state index in [9.17, 15) is 4.79 Å². The van der Waals surface area contributed by atoms with E-state index in [1.54, 1.807) is 0 Å². The van der Waals surface area contributed by atoms with Gasteiger partial charge in [0.25, 0.3) is 0 Å². The fraction of sp³-hybridized carbons (Fsp3) is 0.700. The second-order valence-corrected chi connectivity index (χ2v) is 3.80. The van der Waals surface area contributed by atoms with E-state index in [4.69, 9.17) is 4.74 Å². The Morgan fingerprint density at radius 1 is 1.57 bits per heavy atom. The highest BCUT2D eigenvalue weighted by Gasteiger charge is 2.38. The highest BCUT2D eigenvalue weighted by molar-refractivity contribution is 5.90. The number of carbonyl (C=O) groups is 1. The third kappa shape index (κ3) is 1.66.